The molecule has 0 aliphatic heterocycles. The van der Waals surface area contributed by atoms with Gasteiger partial charge in [0.15, 0.2) is 0 Å². The number of hydrogen-bond acceptors (Lipinski definition) is 0. The first-order chi connectivity index (χ1) is 7.21. The largest absolute Gasteiger partial charge is 0.0831 e. The normalized spacial score (nSPS) is 9.12. The molecule has 0 aromatic rings. The highest BCUT2D eigenvalue weighted by Crippen LogP contribution is 2.09. The van der Waals surface area contributed by atoms with Crippen LogP contribution in [-0.2, 0) is 0 Å². The smallest absolute Gasteiger partial charge is 0.0240 e. The highest BCUT2D eigenvalue weighted by atomic mass is 14.1. The van der Waals surface area contributed by atoms with Crippen LogP contribution < -0.4 is 0 Å². The van der Waals surface area contributed by atoms with Crippen molar-refractivity contribution >= 4 is 0 Å². The van der Waals surface area contributed by atoms with Gasteiger partial charge in [-0.3, -0.25) is 0 Å². The van der Waals surface area contributed by atoms with Gasteiger partial charge >= 0.3 is 0 Å². The SMILES string of the molecule is CC(C)(C)C#CC#CC#CC#CC(C)(C)C. The number of rotatable bonds is 0. The maximum Gasteiger partial charge on any atom is 0.0240 e. The first kappa shape index (κ1) is 14.2. The summed E-state index contributed by atoms with van der Waals surface area (Å²) in [6.45, 7) is 12.3. The summed E-state index contributed by atoms with van der Waals surface area (Å²) in [6.07, 6.45) is 0. The van der Waals surface area contributed by atoms with E-state index in [2.05, 4.69) is 47.4 Å². The van der Waals surface area contributed by atoms with Crippen LogP contribution >= 0.6 is 0 Å². The van der Waals surface area contributed by atoms with Gasteiger partial charge in [-0.15, -0.1) is 0 Å². The van der Waals surface area contributed by atoms with E-state index in [1.165, 1.54) is 0 Å². The molecular formula is C16H18. The Labute approximate surface area is 100 Å². The lowest BCUT2D eigenvalue weighted by Gasteiger charge is -2.05. The van der Waals surface area contributed by atoms with Gasteiger partial charge in [0, 0.05) is 10.8 Å². The fourth-order valence-corrected chi connectivity index (χ4v) is 0.562. The molecule has 0 nitrogen and oxygen atoms in total. The third kappa shape index (κ3) is 12.2. The van der Waals surface area contributed by atoms with Gasteiger partial charge in [0.05, 0.1) is 0 Å². The summed E-state index contributed by atoms with van der Waals surface area (Å²) in [4.78, 5) is 0. The maximum atomic E-state index is 3.01. The molecular weight excluding hydrogens is 192 g/mol. The second-order valence-corrected chi connectivity index (χ2v) is 5.50. The molecule has 82 valence electrons. The van der Waals surface area contributed by atoms with E-state index in [1.54, 1.807) is 0 Å². The van der Waals surface area contributed by atoms with Crippen LogP contribution in [0.3, 0.4) is 0 Å². The van der Waals surface area contributed by atoms with Gasteiger partial charge in [-0.25, -0.2) is 0 Å². The van der Waals surface area contributed by atoms with Gasteiger partial charge < -0.3 is 0 Å². The average molecular weight is 210 g/mol. The number of hydrogen-bond donors (Lipinski definition) is 0. The van der Waals surface area contributed by atoms with Crippen molar-refractivity contribution < 1.29 is 0 Å². The van der Waals surface area contributed by atoms with Gasteiger partial charge in [0.2, 0.25) is 0 Å². The van der Waals surface area contributed by atoms with E-state index in [-0.39, 0.29) is 10.8 Å². The lowest BCUT2D eigenvalue weighted by Crippen LogP contribution is -1.98. The van der Waals surface area contributed by atoms with Crippen LogP contribution in [0.25, 0.3) is 0 Å². The lowest BCUT2D eigenvalue weighted by molar-refractivity contribution is 0.571. The zero-order valence-electron chi connectivity index (χ0n) is 11.0. The van der Waals surface area contributed by atoms with Crippen LogP contribution in [0.15, 0.2) is 0 Å². The fraction of sp³-hybridized carbons (Fsp3) is 0.500. The van der Waals surface area contributed by atoms with Crippen molar-refractivity contribution in [2.45, 2.75) is 41.5 Å². The Kier molecular flexibility index (Phi) is 5.31. The Morgan fingerprint density at radius 2 is 0.688 bits per heavy atom. The highest BCUT2D eigenvalue weighted by Gasteiger charge is 2.02. The van der Waals surface area contributed by atoms with E-state index >= 15 is 0 Å². The molecule has 0 atom stereocenters. The topological polar surface area (TPSA) is 0 Å². The van der Waals surface area contributed by atoms with Crippen LogP contribution in [0.2, 0.25) is 0 Å². The van der Waals surface area contributed by atoms with Crippen LogP contribution in [0.5, 0.6) is 0 Å². The third-order valence-electron chi connectivity index (χ3n) is 1.19. The molecule has 0 spiro atoms. The van der Waals surface area contributed by atoms with Crippen LogP contribution in [0, 0.1) is 58.2 Å². The van der Waals surface area contributed by atoms with Crippen LogP contribution in [-0.4, -0.2) is 0 Å². The standard InChI is InChI=1S/C16H18/c1-15(2,3)13-11-9-7-8-10-12-14-16(4,5)6/h1-6H3. The van der Waals surface area contributed by atoms with Crippen molar-refractivity contribution in [2.75, 3.05) is 0 Å². The van der Waals surface area contributed by atoms with Crippen LogP contribution in [0.4, 0.5) is 0 Å². The maximum absolute atomic E-state index is 3.01. The zero-order chi connectivity index (χ0) is 12.7. The molecule has 0 aliphatic rings. The Balaban J connectivity index is 4.36. The molecule has 0 heterocycles. The van der Waals surface area contributed by atoms with Gasteiger partial charge in [-0.2, -0.15) is 0 Å². The summed E-state index contributed by atoms with van der Waals surface area (Å²) in [5.41, 5.74) is -0.0116. The summed E-state index contributed by atoms with van der Waals surface area (Å²) < 4.78 is 0. The van der Waals surface area contributed by atoms with Gasteiger partial charge in [0.25, 0.3) is 0 Å². The highest BCUT2D eigenvalue weighted by molar-refractivity contribution is 5.40. The fourth-order valence-electron chi connectivity index (χ4n) is 0.562. The Morgan fingerprint density at radius 3 is 0.938 bits per heavy atom. The molecule has 0 amide bonds. The van der Waals surface area contributed by atoms with E-state index in [0.29, 0.717) is 0 Å². The molecule has 0 fully saturated rings. The van der Waals surface area contributed by atoms with Crippen molar-refractivity contribution in [3.63, 3.8) is 0 Å². The lowest BCUT2D eigenvalue weighted by atomic mass is 9.98. The van der Waals surface area contributed by atoms with Gasteiger partial charge in [0.1, 0.15) is 0 Å². The Bertz CT molecular complexity index is 412. The predicted molar refractivity (Wildman–Crippen MR) is 70.0 cm³/mol. The van der Waals surface area contributed by atoms with Crippen molar-refractivity contribution in [3.8, 4) is 47.4 Å². The molecule has 0 aliphatic carbocycles. The minimum Gasteiger partial charge on any atom is -0.0831 e. The molecule has 0 aromatic heterocycles. The van der Waals surface area contributed by atoms with Crippen molar-refractivity contribution in [3.05, 3.63) is 0 Å². The molecule has 0 rings (SSSR count). The minimum absolute atomic E-state index is 0.00580. The molecule has 0 radical (unpaired) electrons. The zero-order valence-corrected chi connectivity index (χ0v) is 11.0. The third-order valence-corrected chi connectivity index (χ3v) is 1.19. The summed E-state index contributed by atoms with van der Waals surface area (Å²) in [5.74, 6) is 22.2. The van der Waals surface area contributed by atoms with E-state index in [0.717, 1.165) is 0 Å². The average Bonchev–Trinajstić information content (AvgIpc) is 2.06. The second kappa shape index (κ2) is 5.96. The molecule has 0 N–H and O–H groups in total. The van der Waals surface area contributed by atoms with Crippen molar-refractivity contribution in [1.82, 2.24) is 0 Å². The first-order valence-electron chi connectivity index (χ1n) is 5.25. The van der Waals surface area contributed by atoms with E-state index < -0.39 is 0 Å². The van der Waals surface area contributed by atoms with Gasteiger partial charge in [-0.05, 0) is 77.1 Å². The summed E-state index contributed by atoms with van der Waals surface area (Å²) in [6, 6.07) is 0. The molecule has 0 saturated heterocycles. The van der Waals surface area contributed by atoms with Crippen molar-refractivity contribution in [2.24, 2.45) is 10.8 Å². The second-order valence-electron chi connectivity index (χ2n) is 5.50. The predicted octanol–water partition coefficient (Wildman–Crippen LogP) is 3.09. The minimum atomic E-state index is -0.00580. The molecule has 16 heavy (non-hydrogen) atoms. The summed E-state index contributed by atoms with van der Waals surface area (Å²) in [7, 11) is 0. The molecule has 0 bridgehead atoms. The monoisotopic (exact) mass is 210 g/mol. The Morgan fingerprint density at radius 1 is 0.438 bits per heavy atom. The molecule has 0 aromatic carbocycles. The Hall–Kier alpha value is -1.76. The molecule has 0 heteroatoms. The van der Waals surface area contributed by atoms with Gasteiger partial charge in [-0.1, -0.05) is 11.8 Å². The summed E-state index contributed by atoms with van der Waals surface area (Å²) in [5, 5.41) is 0. The summed E-state index contributed by atoms with van der Waals surface area (Å²) >= 11 is 0. The molecule has 0 unspecified atom stereocenters. The van der Waals surface area contributed by atoms with E-state index in [4.69, 9.17) is 0 Å². The first-order valence-corrected chi connectivity index (χ1v) is 5.25. The van der Waals surface area contributed by atoms with E-state index in [1.807, 2.05) is 41.5 Å². The molecule has 0 saturated carbocycles. The quantitative estimate of drug-likeness (QED) is 0.539. The van der Waals surface area contributed by atoms with Crippen LogP contribution in [0.1, 0.15) is 41.5 Å². The van der Waals surface area contributed by atoms with E-state index in [9.17, 15) is 0 Å². The van der Waals surface area contributed by atoms with Crippen molar-refractivity contribution in [1.29, 1.82) is 0 Å².